The van der Waals surface area contributed by atoms with Crippen LogP contribution in [0.1, 0.15) is 0 Å². The van der Waals surface area contributed by atoms with Crippen molar-refractivity contribution in [3.8, 4) is 0 Å². The lowest BCUT2D eigenvalue weighted by Gasteiger charge is -2.10. The zero-order valence-corrected chi connectivity index (χ0v) is 12.1. The average Bonchev–Trinajstić information content (AvgIpc) is 2.53. The summed E-state index contributed by atoms with van der Waals surface area (Å²) in [5.74, 6) is 0.232. The van der Waals surface area contributed by atoms with Crippen LogP contribution in [-0.2, 0) is 0 Å². The van der Waals surface area contributed by atoms with Gasteiger partial charge in [-0.3, -0.25) is 0 Å². The smallest absolute Gasteiger partial charge is 0.167 e. The van der Waals surface area contributed by atoms with Crippen LogP contribution in [0.5, 0.6) is 0 Å². The molecule has 120 valence electrons. The lowest BCUT2D eigenvalue weighted by molar-refractivity contribution is 1.26. The molecule has 4 rings (SSSR count). The van der Waals surface area contributed by atoms with Crippen LogP contribution in [0.4, 0.5) is 34.9 Å². The predicted octanol–water partition coefficient (Wildman–Crippen LogP) is -0.991. The number of anilines is 6. The monoisotopic (exact) mass is 324 g/mol. The van der Waals surface area contributed by atoms with Crippen LogP contribution in [0.15, 0.2) is 0 Å². The van der Waals surface area contributed by atoms with Crippen molar-refractivity contribution in [3.05, 3.63) is 0 Å². The van der Waals surface area contributed by atoms with Gasteiger partial charge in [0.15, 0.2) is 34.9 Å². The van der Waals surface area contributed by atoms with Crippen LogP contribution in [0.2, 0.25) is 0 Å². The summed E-state index contributed by atoms with van der Waals surface area (Å²) in [6.45, 7) is 0. The molecule has 12 heteroatoms. The first kappa shape index (κ1) is 13.7. The molecule has 0 aliphatic heterocycles. The molecule has 0 aliphatic carbocycles. The number of aromatic nitrogens is 6. The molecule has 0 atom stereocenters. The Bertz CT molecular complexity index is 901. The fraction of sp³-hybridized carbons (Fsp3) is 0. The molecule has 12 N–H and O–H groups in total. The van der Waals surface area contributed by atoms with Gasteiger partial charge in [0.1, 0.15) is 33.1 Å². The lowest BCUT2D eigenvalue weighted by atomic mass is 10.2. The van der Waals surface area contributed by atoms with Crippen LogP contribution in [-0.4, -0.2) is 29.9 Å². The Morgan fingerprint density at radius 3 is 0.542 bits per heavy atom. The summed E-state index contributed by atoms with van der Waals surface area (Å²) in [6, 6.07) is 0. The molecule has 3 heterocycles. The van der Waals surface area contributed by atoms with Crippen LogP contribution >= 0.6 is 0 Å². The Kier molecular flexibility index (Phi) is 2.44. The maximum absolute atomic E-state index is 5.76. The van der Waals surface area contributed by atoms with Crippen molar-refractivity contribution in [3.63, 3.8) is 0 Å². The fourth-order valence-corrected chi connectivity index (χ4v) is 2.37. The van der Waals surface area contributed by atoms with Crippen molar-refractivity contribution >= 4 is 68.0 Å². The first-order valence-electron chi connectivity index (χ1n) is 6.67. The molecular weight excluding hydrogens is 312 g/mol. The standard InChI is InChI=1S/C12H12N12/c13-7-8(14)20-2-1(19-7)3-5(22-10(16)9(15)21-3)6-4(2)23-11(17)12(18)24-6/h(H2,13,19)(H2,14,20)(H2,15,21)(H2,16,22)(H2,17,23)(H2,18,24). The summed E-state index contributed by atoms with van der Waals surface area (Å²) in [6.07, 6.45) is 0. The molecule has 12 nitrogen and oxygen atoms in total. The Balaban J connectivity index is 2.40. The van der Waals surface area contributed by atoms with Crippen molar-refractivity contribution < 1.29 is 0 Å². The number of hydrogen-bond acceptors (Lipinski definition) is 12. The number of nitrogens with two attached hydrogens (primary N) is 6. The van der Waals surface area contributed by atoms with E-state index in [0.717, 1.165) is 0 Å². The average molecular weight is 324 g/mol. The van der Waals surface area contributed by atoms with E-state index in [4.69, 9.17) is 34.4 Å². The topological polar surface area (TPSA) is 233 Å². The van der Waals surface area contributed by atoms with E-state index in [1.165, 1.54) is 0 Å². The van der Waals surface area contributed by atoms with Gasteiger partial charge in [0.25, 0.3) is 0 Å². The second kappa shape index (κ2) is 4.28. The summed E-state index contributed by atoms with van der Waals surface area (Å²) in [4.78, 5) is 25.4. The zero-order chi connectivity index (χ0) is 17.2. The number of fused-ring (bicyclic) bond motifs is 6. The van der Waals surface area contributed by atoms with Crippen molar-refractivity contribution in [2.24, 2.45) is 0 Å². The molecule has 0 amide bonds. The lowest BCUT2D eigenvalue weighted by Crippen LogP contribution is -2.08. The SMILES string of the molecule is Nc1nc2c3nc(N)c(N)nc3c3nc(N)c(N)nc3c2nc1N. The summed E-state index contributed by atoms with van der Waals surface area (Å²) in [5.41, 5.74) is 36.4. The second-order valence-electron chi connectivity index (χ2n) is 5.07. The number of nitrogens with zero attached hydrogens (tertiary/aromatic N) is 6. The van der Waals surface area contributed by atoms with Gasteiger partial charge in [-0.05, 0) is 0 Å². The normalized spacial score (nSPS) is 11.5. The highest BCUT2D eigenvalue weighted by Gasteiger charge is 2.19. The molecule has 3 aromatic heterocycles. The minimum Gasteiger partial charge on any atom is -0.381 e. The molecule has 0 radical (unpaired) electrons. The van der Waals surface area contributed by atoms with E-state index in [0.29, 0.717) is 33.1 Å². The molecule has 0 saturated carbocycles. The molecule has 0 fully saturated rings. The summed E-state index contributed by atoms with van der Waals surface area (Å²) < 4.78 is 0. The van der Waals surface area contributed by atoms with E-state index in [1.807, 2.05) is 0 Å². The second-order valence-corrected chi connectivity index (χ2v) is 5.07. The van der Waals surface area contributed by atoms with Crippen LogP contribution in [0.3, 0.4) is 0 Å². The highest BCUT2D eigenvalue weighted by atomic mass is 15.1. The van der Waals surface area contributed by atoms with Crippen molar-refractivity contribution in [2.75, 3.05) is 34.4 Å². The highest BCUT2D eigenvalue weighted by molar-refractivity contribution is 6.19. The molecular formula is C12H12N12. The molecule has 0 saturated heterocycles. The first-order valence-corrected chi connectivity index (χ1v) is 6.67. The van der Waals surface area contributed by atoms with E-state index in [-0.39, 0.29) is 34.9 Å². The maximum atomic E-state index is 5.76. The van der Waals surface area contributed by atoms with E-state index < -0.39 is 0 Å². The molecule has 4 aromatic rings. The van der Waals surface area contributed by atoms with Gasteiger partial charge >= 0.3 is 0 Å². The molecule has 24 heavy (non-hydrogen) atoms. The first-order chi connectivity index (χ1) is 11.4. The molecule has 0 bridgehead atoms. The largest absolute Gasteiger partial charge is 0.381 e. The van der Waals surface area contributed by atoms with E-state index >= 15 is 0 Å². The number of rotatable bonds is 0. The number of nitrogen functional groups attached to an aromatic ring is 6. The minimum atomic E-state index is 0.0386. The van der Waals surface area contributed by atoms with Gasteiger partial charge in [-0.2, -0.15) is 0 Å². The predicted molar refractivity (Wildman–Crippen MR) is 92.2 cm³/mol. The van der Waals surface area contributed by atoms with Gasteiger partial charge in [-0.15, -0.1) is 0 Å². The third-order valence-electron chi connectivity index (χ3n) is 3.53. The van der Waals surface area contributed by atoms with Crippen LogP contribution in [0.25, 0.3) is 33.1 Å². The Labute approximate surface area is 133 Å². The van der Waals surface area contributed by atoms with E-state index in [2.05, 4.69) is 29.9 Å². The molecule has 0 aliphatic rings. The Morgan fingerprint density at radius 1 is 0.292 bits per heavy atom. The third-order valence-corrected chi connectivity index (χ3v) is 3.53. The molecule has 1 aromatic carbocycles. The maximum Gasteiger partial charge on any atom is 0.167 e. The van der Waals surface area contributed by atoms with Gasteiger partial charge in [0.05, 0.1) is 0 Å². The van der Waals surface area contributed by atoms with Gasteiger partial charge in [0.2, 0.25) is 0 Å². The fourth-order valence-electron chi connectivity index (χ4n) is 2.37. The molecule has 0 unspecified atom stereocenters. The highest BCUT2D eigenvalue weighted by Crippen LogP contribution is 2.33. The summed E-state index contributed by atoms with van der Waals surface area (Å²) in [5, 5.41) is 0. The van der Waals surface area contributed by atoms with Crippen molar-refractivity contribution in [1.82, 2.24) is 29.9 Å². The Hall–Kier alpha value is -3.96. The number of benzene rings is 1. The van der Waals surface area contributed by atoms with E-state index in [1.54, 1.807) is 0 Å². The van der Waals surface area contributed by atoms with Gasteiger partial charge < -0.3 is 34.4 Å². The van der Waals surface area contributed by atoms with Crippen molar-refractivity contribution in [1.29, 1.82) is 0 Å². The zero-order valence-electron chi connectivity index (χ0n) is 12.1. The summed E-state index contributed by atoms with van der Waals surface area (Å²) >= 11 is 0. The minimum absolute atomic E-state index is 0.0386. The molecule has 0 spiro atoms. The van der Waals surface area contributed by atoms with Gasteiger partial charge in [-0.1, -0.05) is 0 Å². The quantitative estimate of drug-likeness (QED) is 0.214. The Morgan fingerprint density at radius 2 is 0.417 bits per heavy atom. The van der Waals surface area contributed by atoms with Gasteiger partial charge in [-0.25, -0.2) is 29.9 Å². The van der Waals surface area contributed by atoms with E-state index in [9.17, 15) is 0 Å². The summed E-state index contributed by atoms with van der Waals surface area (Å²) in [7, 11) is 0. The van der Waals surface area contributed by atoms with Crippen LogP contribution < -0.4 is 34.4 Å². The van der Waals surface area contributed by atoms with Crippen molar-refractivity contribution in [2.45, 2.75) is 0 Å². The van der Waals surface area contributed by atoms with Crippen LogP contribution in [0, 0.1) is 0 Å². The number of hydrogen-bond donors (Lipinski definition) is 6. The van der Waals surface area contributed by atoms with Gasteiger partial charge in [0, 0.05) is 0 Å². The third kappa shape index (κ3) is 1.67.